The summed E-state index contributed by atoms with van der Waals surface area (Å²) in [5.41, 5.74) is 0. The molecule has 6 nitrogen and oxygen atoms in total. The van der Waals surface area contributed by atoms with E-state index in [0.717, 1.165) is 64.2 Å². The highest BCUT2D eigenvalue weighted by Gasteiger charge is 2.18. The van der Waals surface area contributed by atoms with E-state index < -0.39 is 12.1 Å². The topological polar surface area (TPSA) is 95.9 Å². The van der Waals surface area contributed by atoms with Crippen molar-refractivity contribution in [2.75, 3.05) is 13.2 Å². The lowest BCUT2D eigenvalue weighted by atomic mass is 10.0. The Kier molecular flexibility index (Phi) is 55.0. The van der Waals surface area contributed by atoms with Crippen molar-refractivity contribution in [2.24, 2.45) is 0 Å². The van der Waals surface area contributed by atoms with E-state index in [4.69, 9.17) is 4.74 Å². The molecule has 0 heterocycles. The number of nitrogens with one attached hydrogen (secondary N) is 1. The first-order valence-corrected chi connectivity index (χ1v) is 29.8. The molecule has 0 spiro atoms. The molecule has 0 radical (unpaired) electrons. The van der Waals surface area contributed by atoms with Gasteiger partial charge in [-0.25, -0.2) is 0 Å². The number of hydrogen-bond donors (Lipinski definition) is 3. The monoisotopic (exact) mass is 942 g/mol. The first-order chi connectivity index (χ1) is 33.0. The molecule has 2 atom stereocenters. The molecule has 0 aliphatic carbocycles. The number of carbonyl (C=O) groups is 2. The number of allylic oxidation sites excluding steroid dienone is 5. The quantitative estimate of drug-likeness (QED) is 0.0321. The Balaban J connectivity index is 3.51. The van der Waals surface area contributed by atoms with E-state index in [1.165, 1.54) is 225 Å². The number of rotatable bonds is 55. The van der Waals surface area contributed by atoms with E-state index in [2.05, 4.69) is 43.5 Å². The van der Waals surface area contributed by atoms with Crippen molar-refractivity contribution in [3.05, 3.63) is 36.5 Å². The fraction of sp³-hybridized carbons (Fsp3) is 0.869. The second kappa shape index (κ2) is 56.7. The largest absolute Gasteiger partial charge is 0.466 e. The number of esters is 1. The number of unbranched alkanes of at least 4 members (excludes halogenated alkanes) is 40. The third-order valence-electron chi connectivity index (χ3n) is 13.6. The van der Waals surface area contributed by atoms with Crippen molar-refractivity contribution in [3.63, 3.8) is 0 Å². The summed E-state index contributed by atoms with van der Waals surface area (Å²) in [6.45, 7) is 4.88. The van der Waals surface area contributed by atoms with Gasteiger partial charge in [0, 0.05) is 12.8 Å². The molecule has 67 heavy (non-hydrogen) atoms. The molecule has 0 fully saturated rings. The number of ether oxygens (including phenoxy) is 1. The Morgan fingerprint density at radius 2 is 0.701 bits per heavy atom. The van der Waals surface area contributed by atoms with Crippen LogP contribution in [0.1, 0.15) is 316 Å². The second-order valence-corrected chi connectivity index (χ2v) is 20.3. The van der Waals surface area contributed by atoms with Gasteiger partial charge in [0.2, 0.25) is 5.91 Å². The Labute approximate surface area is 417 Å². The molecule has 6 heteroatoms. The number of amides is 1. The maximum atomic E-state index is 12.5. The molecule has 394 valence electrons. The van der Waals surface area contributed by atoms with Gasteiger partial charge in [-0.1, -0.05) is 256 Å². The summed E-state index contributed by atoms with van der Waals surface area (Å²) in [5.74, 6) is -0.0958. The molecule has 0 saturated carbocycles. The van der Waals surface area contributed by atoms with Crippen molar-refractivity contribution in [2.45, 2.75) is 328 Å². The van der Waals surface area contributed by atoms with Crippen molar-refractivity contribution in [3.8, 4) is 0 Å². The summed E-state index contributed by atoms with van der Waals surface area (Å²) in [7, 11) is 0. The van der Waals surface area contributed by atoms with Gasteiger partial charge in [-0.3, -0.25) is 9.59 Å². The zero-order valence-electron chi connectivity index (χ0n) is 44.9. The van der Waals surface area contributed by atoms with Crippen LogP contribution in [-0.4, -0.2) is 47.4 Å². The molecule has 0 aromatic carbocycles. The molecular weight excluding hydrogens is 827 g/mol. The fourth-order valence-corrected chi connectivity index (χ4v) is 9.03. The molecule has 0 aromatic rings. The molecule has 0 aliphatic rings. The van der Waals surface area contributed by atoms with Crippen LogP contribution in [0.15, 0.2) is 36.5 Å². The lowest BCUT2D eigenvalue weighted by molar-refractivity contribution is -0.143. The number of aliphatic hydroxyl groups is 2. The highest BCUT2D eigenvalue weighted by atomic mass is 16.5. The Morgan fingerprint density at radius 3 is 1.06 bits per heavy atom. The van der Waals surface area contributed by atoms with E-state index in [-0.39, 0.29) is 18.5 Å². The average Bonchev–Trinajstić information content (AvgIpc) is 3.33. The van der Waals surface area contributed by atoms with Gasteiger partial charge >= 0.3 is 5.97 Å². The van der Waals surface area contributed by atoms with Crippen LogP contribution in [0.2, 0.25) is 0 Å². The number of aliphatic hydroxyl groups excluding tert-OH is 2. The maximum absolute atomic E-state index is 12.5. The lowest BCUT2D eigenvalue weighted by Gasteiger charge is -2.20. The van der Waals surface area contributed by atoms with Gasteiger partial charge in [0.15, 0.2) is 0 Å². The third kappa shape index (κ3) is 53.3. The predicted molar refractivity (Wildman–Crippen MR) is 292 cm³/mol. The minimum absolute atomic E-state index is 0.0123. The van der Waals surface area contributed by atoms with Gasteiger partial charge in [0.1, 0.15) is 0 Å². The lowest BCUT2D eigenvalue weighted by Crippen LogP contribution is -2.45. The molecule has 1 amide bonds. The van der Waals surface area contributed by atoms with Crippen LogP contribution in [0, 0.1) is 0 Å². The van der Waals surface area contributed by atoms with Gasteiger partial charge in [-0.15, -0.1) is 0 Å². The number of hydrogen-bond acceptors (Lipinski definition) is 5. The standard InChI is InChI=1S/C61H115NO5/c1-3-5-7-9-11-13-15-17-19-20-21-22-23-26-29-33-37-41-45-49-53-59(64)58(57-63)62-60(65)54-50-46-42-38-34-30-27-24-25-28-32-36-40-44-48-52-56-67-61(66)55-51-47-43-39-35-31-18-16-14-12-10-8-6-4-2/h16,18,24,27,49,53,58-59,63-64H,3-15,17,19-23,25-26,28-48,50-52,54-57H2,1-2H3,(H,62,65)/b18-16-,27-24-,53-49+. The summed E-state index contributed by atoms with van der Waals surface area (Å²) in [6.07, 6.45) is 70.2. The van der Waals surface area contributed by atoms with Gasteiger partial charge in [0.05, 0.1) is 25.4 Å². The Hall–Kier alpha value is -1.92. The normalized spacial score (nSPS) is 12.8. The van der Waals surface area contributed by atoms with Crippen LogP contribution in [0.3, 0.4) is 0 Å². The van der Waals surface area contributed by atoms with E-state index in [9.17, 15) is 19.8 Å². The van der Waals surface area contributed by atoms with E-state index in [0.29, 0.717) is 19.4 Å². The van der Waals surface area contributed by atoms with Crippen LogP contribution in [0.4, 0.5) is 0 Å². The van der Waals surface area contributed by atoms with E-state index in [1.54, 1.807) is 6.08 Å². The molecule has 0 saturated heterocycles. The summed E-state index contributed by atoms with van der Waals surface area (Å²) in [5, 5.41) is 23.2. The molecule has 2 unspecified atom stereocenters. The van der Waals surface area contributed by atoms with Crippen LogP contribution >= 0.6 is 0 Å². The van der Waals surface area contributed by atoms with Gasteiger partial charge in [-0.05, 0) is 83.5 Å². The summed E-state index contributed by atoms with van der Waals surface area (Å²) < 4.78 is 5.46. The molecule has 3 N–H and O–H groups in total. The van der Waals surface area contributed by atoms with Gasteiger partial charge < -0.3 is 20.3 Å². The first kappa shape index (κ1) is 65.1. The summed E-state index contributed by atoms with van der Waals surface area (Å²) in [4.78, 5) is 24.5. The first-order valence-electron chi connectivity index (χ1n) is 29.8. The van der Waals surface area contributed by atoms with Crippen LogP contribution in [0.25, 0.3) is 0 Å². The molecular formula is C61H115NO5. The van der Waals surface area contributed by atoms with Crippen LogP contribution in [-0.2, 0) is 14.3 Å². The molecule has 0 rings (SSSR count). The minimum atomic E-state index is -0.856. The van der Waals surface area contributed by atoms with E-state index >= 15 is 0 Å². The predicted octanol–water partition coefficient (Wildman–Crippen LogP) is 18.4. The Bertz CT molecular complexity index is 1090. The third-order valence-corrected chi connectivity index (χ3v) is 13.6. The zero-order chi connectivity index (χ0) is 48.6. The summed E-state index contributed by atoms with van der Waals surface area (Å²) >= 11 is 0. The van der Waals surface area contributed by atoms with Crippen molar-refractivity contribution >= 4 is 11.9 Å². The second-order valence-electron chi connectivity index (χ2n) is 20.3. The molecule has 0 bridgehead atoms. The minimum Gasteiger partial charge on any atom is -0.466 e. The smallest absolute Gasteiger partial charge is 0.305 e. The number of carbonyl (C=O) groups excluding carboxylic acids is 2. The van der Waals surface area contributed by atoms with Gasteiger partial charge in [-0.2, -0.15) is 0 Å². The van der Waals surface area contributed by atoms with Crippen molar-refractivity contribution < 1.29 is 24.5 Å². The highest BCUT2D eigenvalue weighted by Crippen LogP contribution is 2.16. The average molecular weight is 943 g/mol. The van der Waals surface area contributed by atoms with Gasteiger partial charge in [0.25, 0.3) is 0 Å². The summed E-state index contributed by atoms with van der Waals surface area (Å²) in [6, 6.07) is -0.641. The van der Waals surface area contributed by atoms with Crippen molar-refractivity contribution in [1.29, 1.82) is 0 Å². The fourth-order valence-electron chi connectivity index (χ4n) is 9.03. The van der Waals surface area contributed by atoms with Crippen molar-refractivity contribution in [1.82, 2.24) is 5.32 Å². The Morgan fingerprint density at radius 1 is 0.403 bits per heavy atom. The molecule has 0 aromatic heterocycles. The van der Waals surface area contributed by atoms with Crippen LogP contribution < -0.4 is 5.32 Å². The maximum Gasteiger partial charge on any atom is 0.305 e. The molecule has 0 aliphatic heterocycles. The SMILES string of the molecule is CCCCCCC/C=C\CCCCCCCC(=O)OCCCCCCCCC/C=C\CCCCCCCC(=O)NC(CO)C(O)/C=C/CCCCCCCCCCCCCCCCCCCC. The van der Waals surface area contributed by atoms with E-state index in [1.807, 2.05) is 6.08 Å². The highest BCUT2D eigenvalue weighted by molar-refractivity contribution is 5.76. The van der Waals surface area contributed by atoms with Crippen LogP contribution in [0.5, 0.6) is 0 Å². The zero-order valence-corrected chi connectivity index (χ0v) is 44.9.